The van der Waals surface area contributed by atoms with Crippen molar-refractivity contribution < 1.29 is 15.0 Å². The first-order chi connectivity index (χ1) is 8.59. The minimum Gasteiger partial charge on any atom is -0.387 e. The predicted molar refractivity (Wildman–Crippen MR) is 72.5 cm³/mol. The second kappa shape index (κ2) is 3.21. The first-order valence-corrected chi connectivity index (χ1v) is 6.97. The Balaban J connectivity index is 2.34. The van der Waals surface area contributed by atoms with Gasteiger partial charge in [0.15, 0.2) is 5.78 Å². The molecule has 19 heavy (non-hydrogen) atoms. The SMILES string of the molecule is CC1=C2C(=O)[C@](C)(O)C3(CC3)C(C)=C2[C@@H](O)C1(C)C. The van der Waals surface area contributed by atoms with Gasteiger partial charge in [0, 0.05) is 16.4 Å². The summed E-state index contributed by atoms with van der Waals surface area (Å²) in [7, 11) is 0. The van der Waals surface area contributed by atoms with Crippen LogP contribution in [0, 0.1) is 10.8 Å². The molecule has 0 aromatic rings. The minimum atomic E-state index is -1.32. The number of rotatable bonds is 0. The number of ketones is 1. The van der Waals surface area contributed by atoms with Gasteiger partial charge < -0.3 is 10.2 Å². The van der Waals surface area contributed by atoms with Crippen LogP contribution in [0.25, 0.3) is 0 Å². The summed E-state index contributed by atoms with van der Waals surface area (Å²) in [5, 5.41) is 21.3. The molecule has 1 fully saturated rings. The summed E-state index contributed by atoms with van der Waals surface area (Å²) in [6.07, 6.45) is 1.03. The van der Waals surface area contributed by atoms with Gasteiger partial charge in [-0.05, 0) is 39.2 Å². The molecule has 2 atom stereocenters. The van der Waals surface area contributed by atoms with Crippen molar-refractivity contribution in [1.82, 2.24) is 0 Å². The molecule has 0 amide bonds. The number of aliphatic hydroxyl groups is 2. The number of hydrogen-bond acceptors (Lipinski definition) is 3. The zero-order valence-corrected chi connectivity index (χ0v) is 12.3. The quantitative estimate of drug-likeness (QED) is 0.703. The summed E-state index contributed by atoms with van der Waals surface area (Å²) in [6.45, 7) is 9.43. The molecule has 0 bridgehead atoms. The first-order valence-electron chi connectivity index (χ1n) is 6.97. The van der Waals surface area contributed by atoms with Crippen molar-refractivity contribution in [2.24, 2.45) is 10.8 Å². The molecule has 0 aromatic carbocycles. The molecular weight excluding hydrogens is 240 g/mol. The fourth-order valence-corrected chi connectivity index (χ4v) is 3.98. The van der Waals surface area contributed by atoms with Crippen molar-refractivity contribution in [1.29, 1.82) is 0 Å². The van der Waals surface area contributed by atoms with Crippen LogP contribution in [-0.2, 0) is 4.79 Å². The van der Waals surface area contributed by atoms with E-state index >= 15 is 0 Å². The Kier molecular flexibility index (Phi) is 2.21. The Labute approximate surface area is 114 Å². The minimum absolute atomic E-state index is 0.201. The molecule has 0 aromatic heterocycles. The van der Waals surface area contributed by atoms with Gasteiger partial charge in [-0.1, -0.05) is 25.0 Å². The number of Topliss-reactive ketones (excluding diaryl/α,β-unsaturated/α-hetero) is 1. The van der Waals surface area contributed by atoms with Crippen molar-refractivity contribution in [3.05, 3.63) is 22.3 Å². The fourth-order valence-electron chi connectivity index (χ4n) is 3.98. The van der Waals surface area contributed by atoms with Crippen LogP contribution >= 0.6 is 0 Å². The topological polar surface area (TPSA) is 57.5 Å². The van der Waals surface area contributed by atoms with E-state index in [1.165, 1.54) is 0 Å². The monoisotopic (exact) mass is 262 g/mol. The zero-order chi connectivity index (χ0) is 14.4. The third-order valence-corrected chi connectivity index (χ3v) is 6.04. The van der Waals surface area contributed by atoms with E-state index in [9.17, 15) is 15.0 Å². The molecule has 0 saturated heterocycles. The summed E-state index contributed by atoms with van der Waals surface area (Å²) in [5.74, 6) is -0.201. The van der Waals surface area contributed by atoms with Crippen LogP contribution in [0.2, 0.25) is 0 Å². The van der Waals surface area contributed by atoms with E-state index in [2.05, 4.69) is 0 Å². The lowest BCUT2D eigenvalue weighted by Crippen LogP contribution is -2.50. The van der Waals surface area contributed by atoms with Gasteiger partial charge in [0.1, 0.15) is 5.60 Å². The van der Waals surface area contributed by atoms with Crippen LogP contribution in [0.3, 0.4) is 0 Å². The number of carbonyl (C=O) groups excluding carboxylic acids is 1. The van der Waals surface area contributed by atoms with E-state index in [1.54, 1.807) is 6.92 Å². The molecule has 3 aliphatic carbocycles. The van der Waals surface area contributed by atoms with Crippen LogP contribution < -0.4 is 0 Å². The molecule has 1 spiro atoms. The van der Waals surface area contributed by atoms with Crippen molar-refractivity contribution in [2.75, 3.05) is 0 Å². The highest BCUT2D eigenvalue weighted by atomic mass is 16.3. The first kappa shape index (κ1) is 13.1. The largest absolute Gasteiger partial charge is 0.387 e. The number of hydrogen-bond donors (Lipinski definition) is 2. The third-order valence-electron chi connectivity index (χ3n) is 6.04. The zero-order valence-electron chi connectivity index (χ0n) is 12.3. The number of carbonyl (C=O) groups is 1. The van der Waals surface area contributed by atoms with Crippen LogP contribution in [0.4, 0.5) is 0 Å². The van der Waals surface area contributed by atoms with Crippen LogP contribution in [0.1, 0.15) is 47.5 Å². The van der Waals surface area contributed by atoms with E-state index in [-0.39, 0.29) is 5.78 Å². The normalized spacial score (nSPS) is 39.1. The Bertz CT molecular complexity index is 557. The van der Waals surface area contributed by atoms with Gasteiger partial charge in [0.25, 0.3) is 0 Å². The molecule has 3 heteroatoms. The average Bonchev–Trinajstić information content (AvgIpc) is 3.09. The maximum Gasteiger partial charge on any atom is 0.195 e. The number of fused-ring (bicyclic) bond motifs is 1. The van der Waals surface area contributed by atoms with Crippen molar-refractivity contribution in [3.63, 3.8) is 0 Å². The summed E-state index contributed by atoms with van der Waals surface area (Å²) < 4.78 is 0. The van der Waals surface area contributed by atoms with Crippen molar-refractivity contribution >= 4 is 5.78 Å². The van der Waals surface area contributed by atoms with Gasteiger partial charge in [-0.25, -0.2) is 0 Å². The highest BCUT2D eigenvalue weighted by Crippen LogP contribution is 2.66. The molecule has 3 nitrogen and oxygen atoms in total. The van der Waals surface area contributed by atoms with Crippen LogP contribution in [0.15, 0.2) is 22.3 Å². The Morgan fingerprint density at radius 3 is 2.11 bits per heavy atom. The number of aliphatic hydroxyl groups excluding tert-OH is 1. The highest BCUT2D eigenvalue weighted by Gasteiger charge is 2.66. The molecule has 104 valence electrons. The Morgan fingerprint density at radius 1 is 1.11 bits per heavy atom. The van der Waals surface area contributed by atoms with E-state index in [0.29, 0.717) is 5.57 Å². The van der Waals surface area contributed by atoms with Gasteiger partial charge in [-0.3, -0.25) is 4.79 Å². The maximum atomic E-state index is 12.7. The van der Waals surface area contributed by atoms with Crippen LogP contribution in [-0.4, -0.2) is 27.7 Å². The average molecular weight is 262 g/mol. The van der Waals surface area contributed by atoms with Gasteiger partial charge in [-0.2, -0.15) is 0 Å². The van der Waals surface area contributed by atoms with Gasteiger partial charge in [0.2, 0.25) is 0 Å². The molecule has 0 aliphatic heterocycles. The third kappa shape index (κ3) is 1.19. The summed E-state index contributed by atoms with van der Waals surface area (Å²) >= 11 is 0. The summed E-state index contributed by atoms with van der Waals surface area (Å²) in [4.78, 5) is 12.7. The standard InChI is InChI=1S/C16H22O3/c1-8-10-11(12(17)14(8,3)4)9(2)16(6-7-16)15(5,19)13(10)18/h12,17,19H,6-7H2,1-5H3/t12-,15+/m1/s1. The summed E-state index contributed by atoms with van der Waals surface area (Å²) in [6, 6.07) is 0. The van der Waals surface area contributed by atoms with E-state index < -0.39 is 22.5 Å². The van der Waals surface area contributed by atoms with Gasteiger partial charge in [-0.15, -0.1) is 0 Å². The molecule has 2 N–H and O–H groups in total. The molecule has 0 unspecified atom stereocenters. The fraction of sp³-hybridized carbons (Fsp3) is 0.688. The summed E-state index contributed by atoms with van der Waals surface area (Å²) in [5.41, 5.74) is 1.11. The molecule has 0 radical (unpaired) electrons. The molecular formula is C16H22O3. The second-order valence-electron chi connectivity index (χ2n) is 7.15. The lowest BCUT2D eigenvalue weighted by molar-refractivity contribution is -0.138. The Morgan fingerprint density at radius 2 is 1.63 bits per heavy atom. The smallest absolute Gasteiger partial charge is 0.195 e. The van der Waals surface area contributed by atoms with Crippen molar-refractivity contribution in [2.45, 2.75) is 59.2 Å². The molecule has 0 heterocycles. The van der Waals surface area contributed by atoms with Crippen molar-refractivity contribution in [3.8, 4) is 0 Å². The highest BCUT2D eigenvalue weighted by molar-refractivity contribution is 6.10. The van der Waals surface area contributed by atoms with Crippen LogP contribution in [0.5, 0.6) is 0 Å². The second-order valence-corrected chi connectivity index (χ2v) is 7.15. The lowest BCUT2D eigenvalue weighted by Gasteiger charge is -2.39. The van der Waals surface area contributed by atoms with E-state index in [4.69, 9.17) is 0 Å². The van der Waals surface area contributed by atoms with Gasteiger partial charge >= 0.3 is 0 Å². The molecule has 1 saturated carbocycles. The molecule has 3 aliphatic rings. The molecule has 3 rings (SSSR count). The maximum absolute atomic E-state index is 12.7. The van der Waals surface area contributed by atoms with Gasteiger partial charge in [0.05, 0.1) is 6.10 Å². The van der Waals surface area contributed by atoms with E-state index in [0.717, 1.165) is 29.6 Å². The Hall–Kier alpha value is -0.930. The predicted octanol–water partition coefficient (Wildman–Crippen LogP) is 2.13. The lowest BCUT2D eigenvalue weighted by atomic mass is 9.67. The van der Waals surface area contributed by atoms with E-state index in [1.807, 2.05) is 27.7 Å².